The Morgan fingerprint density at radius 1 is 1.37 bits per heavy atom. The van der Waals surface area contributed by atoms with Gasteiger partial charge in [0.2, 0.25) is 0 Å². The van der Waals surface area contributed by atoms with Gasteiger partial charge >= 0.3 is 0 Å². The highest BCUT2D eigenvalue weighted by Gasteiger charge is 2.24. The van der Waals surface area contributed by atoms with E-state index in [1.165, 1.54) is 31.3 Å². The minimum absolute atomic E-state index is 0.0170. The van der Waals surface area contributed by atoms with Crippen molar-refractivity contribution in [1.29, 1.82) is 0 Å². The first kappa shape index (κ1) is 14.3. The topological polar surface area (TPSA) is 37.4 Å². The monoisotopic (exact) mass is 319 g/mol. The van der Waals surface area contributed by atoms with Crippen LogP contribution in [0.5, 0.6) is 0 Å². The third-order valence-corrected chi connectivity index (χ3v) is 6.13. The van der Waals surface area contributed by atoms with Crippen molar-refractivity contribution in [3.8, 4) is 0 Å². The fraction of sp³-hybridized carbons (Fsp3) is 0.167. The van der Waals surface area contributed by atoms with Crippen LogP contribution in [0.1, 0.15) is 5.56 Å². The molecule has 7 heteroatoms. The zero-order chi connectivity index (χ0) is 14.0. The van der Waals surface area contributed by atoms with Crippen LogP contribution in [0.2, 0.25) is 0 Å². The molecule has 102 valence electrons. The second kappa shape index (κ2) is 5.48. The second-order valence-corrected chi connectivity index (χ2v) is 7.21. The molecule has 0 bridgehead atoms. The lowest BCUT2D eigenvalue weighted by molar-refractivity contribution is 0.591. The minimum atomic E-state index is -3.75. The summed E-state index contributed by atoms with van der Waals surface area (Å²) in [4.78, 5) is 0. The summed E-state index contributed by atoms with van der Waals surface area (Å²) in [6.45, 7) is 0. The van der Waals surface area contributed by atoms with Crippen LogP contribution in [0.3, 0.4) is 0 Å². The third-order valence-electron chi connectivity index (χ3n) is 2.59. The van der Waals surface area contributed by atoms with Gasteiger partial charge in [-0.3, -0.25) is 4.31 Å². The van der Waals surface area contributed by atoms with Gasteiger partial charge in [-0.25, -0.2) is 12.8 Å². The van der Waals surface area contributed by atoms with Gasteiger partial charge in [-0.2, -0.15) is 0 Å². The van der Waals surface area contributed by atoms with Crippen LogP contribution in [0, 0.1) is 5.82 Å². The van der Waals surface area contributed by atoms with Crippen molar-refractivity contribution >= 4 is 38.6 Å². The van der Waals surface area contributed by atoms with Crippen LogP contribution in [0.15, 0.2) is 39.9 Å². The van der Waals surface area contributed by atoms with Crippen molar-refractivity contribution in [2.45, 2.75) is 10.1 Å². The van der Waals surface area contributed by atoms with Crippen molar-refractivity contribution < 1.29 is 12.8 Å². The summed E-state index contributed by atoms with van der Waals surface area (Å²) >= 11 is 6.72. The molecule has 0 aliphatic rings. The molecular weight excluding hydrogens is 309 g/mol. The summed E-state index contributed by atoms with van der Waals surface area (Å²) in [5, 5.41) is 1.68. The first-order valence-corrected chi connectivity index (χ1v) is 8.19. The molecular formula is C12H11ClFNO2S2. The van der Waals surface area contributed by atoms with Gasteiger partial charge in [-0.15, -0.1) is 22.9 Å². The van der Waals surface area contributed by atoms with Gasteiger partial charge in [0.1, 0.15) is 10.0 Å². The first-order valence-electron chi connectivity index (χ1n) is 5.33. The largest absolute Gasteiger partial charge is 0.273 e. The number of benzene rings is 1. The zero-order valence-corrected chi connectivity index (χ0v) is 12.4. The van der Waals surface area contributed by atoms with Gasteiger partial charge in [-0.1, -0.05) is 12.1 Å². The average Bonchev–Trinajstić information content (AvgIpc) is 2.88. The molecule has 1 aromatic carbocycles. The number of anilines is 1. The Hall–Kier alpha value is -1.11. The Morgan fingerprint density at radius 3 is 2.63 bits per heavy atom. The Bertz CT molecular complexity index is 685. The number of hydrogen-bond acceptors (Lipinski definition) is 3. The lowest BCUT2D eigenvalue weighted by atomic mass is 10.3. The van der Waals surface area contributed by atoms with Gasteiger partial charge in [0.15, 0.2) is 0 Å². The van der Waals surface area contributed by atoms with Crippen LogP contribution in [0.25, 0.3) is 0 Å². The van der Waals surface area contributed by atoms with Crippen molar-refractivity contribution in [3.05, 3.63) is 47.1 Å². The maximum Gasteiger partial charge on any atom is 0.273 e. The van der Waals surface area contributed by atoms with Crippen molar-refractivity contribution in [3.63, 3.8) is 0 Å². The van der Waals surface area contributed by atoms with Gasteiger partial charge in [-0.05, 0) is 29.1 Å². The van der Waals surface area contributed by atoms with E-state index in [4.69, 9.17) is 11.6 Å². The molecule has 19 heavy (non-hydrogen) atoms. The molecule has 1 aromatic heterocycles. The zero-order valence-electron chi connectivity index (χ0n) is 10.0. The Kier molecular flexibility index (Phi) is 4.13. The van der Waals surface area contributed by atoms with Gasteiger partial charge in [0.25, 0.3) is 10.0 Å². The van der Waals surface area contributed by atoms with Crippen LogP contribution < -0.4 is 4.31 Å². The quantitative estimate of drug-likeness (QED) is 0.809. The Labute approximate surface area is 120 Å². The van der Waals surface area contributed by atoms with E-state index in [1.54, 1.807) is 11.4 Å². The van der Waals surface area contributed by atoms with E-state index in [9.17, 15) is 12.8 Å². The molecule has 0 N–H and O–H groups in total. The summed E-state index contributed by atoms with van der Waals surface area (Å²) in [6.07, 6.45) is 0. The molecule has 3 nitrogen and oxygen atoms in total. The van der Waals surface area contributed by atoms with E-state index in [2.05, 4.69) is 0 Å². The fourth-order valence-corrected chi connectivity index (χ4v) is 4.36. The van der Waals surface area contributed by atoms with Crippen molar-refractivity contribution in [1.82, 2.24) is 0 Å². The number of hydrogen-bond donors (Lipinski definition) is 0. The van der Waals surface area contributed by atoms with Crippen molar-refractivity contribution in [2.24, 2.45) is 0 Å². The number of para-hydroxylation sites is 1. The van der Waals surface area contributed by atoms with Gasteiger partial charge < -0.3 is 0 Å². The second-order valence-electron chi connectivity index (χ2n) is 3.83. The highest BCUT2D eigenvalue weighted by atomic mass is 35.5. The number of sulfonamides is 1. The maximum atomic E-state index is 13.6. The number of nitrogens with zero attached hydrogens (tertiary/aromatic N) is 1. The summed E-state index contributed by atoms with van der Waals surface area (Å²) in [6, 6.07) is 7.24. The molecule has 0 spiro atoms. The molecule has 0 radical (unpaired) electrons. The Balaban J connectivity index is 2.42. The maximum absolute atomic E-state index is 13.6. The molecule has 1 heterocycles. The lowest BCUT2D eigenvalue weighted by Crippen LogP contribution is -2.26. The normalized spacial score (nSPS) is 11.5. The molecule has 0 unspecified atom stereocenters. The van der Waals surface area contributed by atoms with E-state index in [1.807, 2.05) is 0 Å². The smallest absolute Gasteiger partial charge is 0.266 e. The molecule has 2 rings (SSSR count). The summed E-state index contributed by atoms with van der Waals surface area (Å²) in [7, 11) is -2.42. The minimum Gasteiger partial charge on any atom is -0.266 e. The van der Waals surface area contributed by atoms with E-state index in [-0.39, 0.29) is 15.8 Å². The molecule has 0 fully saturated rings. The van der Waals surface area contributed by atoms with E-state index < -0.39 is 15.8 Å². The highest BCUT2D eigenvalue weighted by molar-refractivity contribution is 7.94. The average molecular weight is 320 g/mol. The summed E-state index contributed by atoms with van der Waals surface area (Å²) in [5.74, 6) is -0.335. The Morgan fingerprint density at radius 2 is 2.05 bits per heavy atom. The van der Waals surface area contributed by atoms with E-state index >= 15 is 0 Å². The van der Waals surface area contributed by atoms with E-state index in [0.29, 0.717) is 0 Å². The highest BCUT2D eigenvalue weighted by Crippen LogP contribution is 2.28. The van der Waals surface area contributed by atoms with Gasteiger partial charge in [0.05, 0.1) is 5.69 Å². The van der Waals surface area contributed by atoms with Crippen LogP contribution in [-0.4, -0.2) is 15.5 Å². The summed E-state index contributed by atoms with van der Waals surface area (Å²) < 4.78 is 39.4. The van der Waals surface area contributed by atoms with Crippen molar-refractivity contribution in [2.75, 3.05) is 11.4 Å². The molecule has 0 aliphatic carbocycles. The molecule has 2 aromatic rings. The molecule has 0 saturated carbocycles. The molecule has 0 amide bonds. The number of rotatable bonds is 4. The predicted octanol–water partition coefficient (Wildman–Crippen LogP) is 3.45. The predicted molar refractivity (Wildman–Crippen MR) is 75.9 cm³/mol. The number of thiophene rings is 1. The number of halogens is 2. The molecule has 0 atom stereocenters. The molecule has 0 aliphatic heterocycles. The van der Waals surface area contributed by atoms with Crippen LogP contribution in [0.4, 0.5) is 10.1 Å². The van der Waals surface area contributed by atoms with Crippen LogP contribution >= 0.6 is 22.9 Å². The van der Waals surface area contributed by atoms with Crippen LogP contribution in [-0.2, 0) is 15.9 Å². The third kappa shape index (κ3) is 2.75. The standard InChI is InChI=1S/C12H11ClFNO2S2/c1-15(11-5-3-2-4-10(11)14)19(16,17)12-6-9(7-13)8-18-12/h2-6,8H,7H2,1H3. The lowest BCUT2D eigenvalue weighted by Gasteiger charge is -2.18. The number of alkyl halides is 1. The van der Waals surface area contributed by atoms with Gasteiger partial charge in [0, 0.05) is 12.9 Å². The fourth-order valence-electron chi connectivity index (χ4n) is 1.53. The summed E-state index contributed by atoms with van der Waals surface area (Å²) in [5.41, 5.74) is 0.746. The SMILES string of the molecule is CN(c1ccccc1F)S(=O)(=O)c1cc(CCl)cs1. The first-order chi connectivity index (χ1) is 8.96. The van der Waals surface area contributed by atoms with E-state index in [0.717, 1.165) is 21.2 Å². The molecule has 0 saturated heterocycles.